The number of carboxylic acid groups (broad SMARTS) is 1. The van der Waals surface area contributed by atoms with Gasteiger partial charge in [-0.15, -0.1) is 0 Å². The van der Waals surface area contributed by atoms with Crippen LogP contribution < -0.4 is 10.6 Å². The third-order valence-electron chi connectivity index (χ3n) is 3.42. The highest BCUT2D eigenvalue weighted by atomic mass is 16.4. The van der Waals surface area contributed by atoms with Crippen molar-refractivity contribution in [3.63, 3.8) is 0 Å². The van der Waals surface area contributed by atoms with E-state index < -0.39 is 23.0 Å². The zero-order valence-electron chi connectivity index (χ0n) is 10.4. The summed E-state index contributed by atoms with van der Waals surface area (Å²) in [6.45, 7) is 0.741. The van der Waals surface area contributed by atoms with Gasteiger partial charge in [0.15, 0.2) is 5.69 Å². The largest absolute Gasteiger partial charge is 0.501 e. The minimum atomic E-state index is -1.48. The molecule has 0 saturated carbocycles. The smallest absolute Gasteiger partial charge is 0.358 e. The minimum absolute atomic E-state index is 0.0875. The number of carboxylic acids is 1. The lowest BCUT2D eigenvalue weighted by Crippen LogP contribution is -2.57. The molecule has 0 bridgehead atoms. The van der Waals surface area contributed by atoms with Gasteiger partial charge in [0.1, 0.15) is 6.54 Å². The van der Waals surface area contributed by atoms with E-state index in [2.05, 4.69) is 4.98 Å². The molecular weight excluding hydrogens is 268 g/mol. The number of aromatic carboxylic acids is 1. The summed E-state index contributed by atoms with van der Waals surface area (Å²) in [5, 5.41) is 21.5. The highest BCUT2D eigenvalue weighted by Gasteiger charge is 2.35. The Labute approximate surface area is 112 Å². The molecule has 0 radical (unpaired) electrons. The van der Waals surface area contributed by atoms with Gasteiger partial charge in [-0.25, -0.2) is 14.8 Å². The molecule has 2 aliphatic heterocycles. The van der Waals surface area contributed by atoms with Crippen LogP contribution in [0.4, 0.5) is 5.95 Å². The Kier molecular flexibility index (Phi) is 2.63. The number of hydrogen-bond acceptors (Lipinski definition) is 6. The molecule has 0 unspecified atom stereocenters. The topological polar surface area (TPSA) is 116 Å². The number of hydrogen-bond donors (Lipinski definition) is 2. The number of fused-ring (bicyclic) bond motifs is 3. The van der Waals surface area contributed by atoms with Gasteiger partial charge in [-0.1, -0.05) is 0 Å². The zero-order valence-corrected chi connectivity index (χ0v) is 10.4. The van der Waals surface area contributed by atoms with E-state index in [0.29, 0.717) is 13.1 Å². The monoisotopic (exact) mass is 280 g/mol. The fourth-order valence-corrected chi connectivity index (χ4v) is 2.47. The molecule has 106 valence electrons. The number of aromatic hydroxyl groups is 1. The van der Waals surface area contributed by atoms with E-state index >= 15 is 0 Å². The number of hydrazine groups is 1. The Morgan fingerprint density at radius 2 is 1.80 bits per heavy atom. The number of nitrogens with zero attached hydrogens (tertiary/aromatic N) is 4. The minimum Gasteiger partial charge on any atom is -0.501 e. The van der Waals surface area contributed by atoms with Crippen molar-refractivity contribution in [3.8, 4) is 5.75 Å². The van der Waals surface area contributed by atoms with Gasteiger partial charge in [-0.3, -0.25) is 19.2 Å². The Bertz CT molecular complexity index is 668. The van der Waals surface area contributed by atoms with Crippen LogP contribution in [0, 0.1) is 0 Å². The van der Waals surface area contributed by atoms with Gasteiger partial charge in [0.05, 0.1) is 0 Å². The molecule has 1 saturated heterocycles. The molecule has 9 nitrogen and oxygen atoms in total. The van der Waals surface area contributed by atoms with Crippen molar-refractivity contribution < 1.29 is 19.8 Å². The predicted octanol–water partition coefficient (Wildman–Crippen LogP) is -0.996. The number of carbonyl (C=O) groups excluding carboxylic acids is 1. The molecular formula is C11H12N4O5. The van der Waals surface area contributed by atoms with Crippen LogP contribution in [-0.2, 0) is 11.3 Å². The molecule has 9 heteroatoms. The van der Waals surface area contributed by atoms with Gasteiger partial charge < -0.3 is 10.2 Å². The average Bonchev–Trinajstić information content (AvgIpc) is 2.43. The molecule has 20 heavy (non-hydrogen) atoms. The summed E-state index contributed by atoms with van der Waals surface area (Å²) in [7, 11) is 0. The molecule has 0 spiro atoms. The van der Waals surface area contributed by atoms with Gasteiger partial charge >= 0.3 is 5.97 Å². The van der Waals surface area contributed by atoms with Gasteiger partial charge in [0.2, 0.25) is 11.7 Å². The van der Waals surface area contributed by atoms with E-state index in [4.69, 9.17) is 5.11 Å². The molecule has 3 rings (SSSR count). The first-order valence-corrected chi connectivity index (χ1v) is 6.15. The van der Waals surface area contributed by atoms with Gasteiger partial charge in [0.25, 0.3) is 11.5 Å². The van der Waals surface area contributed by atoms with Crippen LogP contribution in [0.5, 0.6) is 5.75 Å². The second-order valence-corrected chi connectivity index (χ2v) is 4.65. The second kappa shape index (κ2) is 4.22. The molecule has 3 heterocycles. The fraction of sp³-hybridized carbons (Fsp3) is 0.455. The molecule has 0 atom stereocenters. The first-order chi connectivity index (χ1) is 9.50. The van der Waals surface area contributed by atoms with Gasteiger partial charge in [0, 0.05) is 13.1 Å². The Morgan fingerprint density at radius 1 is 1.15 bits per heavy atom. The lowest BCUT2D eigenvalue weighted by molar-refractivity contribution is -0.134. The molecule has 0 aromatic carbocycles. The van der Waals surface area contributed by atoms with Crippen molar-refractivity contribution in [2.75, 3.05) is 18.1 Å². The molecule has 0 aliphatic carbocycles. The zero-order chi connectivity index (χ0) is 14.4. The SMILES string of the molecule is O=C(O)c1nc2n(c(=O)c1O)CC(=O)N1CCCCN21. The Morgan fingerprint density at radius 3 is 2.45 bits per heavy atom. The number of carbonyl (C=O) groups is 2. The quantitative estimate of drug-likeness (QED) is 0.678. The normalized spacial score (nSPS) is 17.7. The summed E-state index contributed by atoms with van der Waals surface area (Å²) in [6, 6.07) is 0. The van der Waals surface area contributed by atoms with Crippen molar-refractivity contribution in [3.05, 3.63) is 16.0 Å². The lowest BCUT2D eigenvalue weighted by Gasteiger charge is -2.43. The molecule has 1 fully saturated rings. The lowest BCUT2D eigenvalue weighted by atomic mass is 10.2. The average molecular weight is 280 g/mol. The van der Waals surface area contributed by atoms with Crippen molar-refractivity contribution in [1.29, 1.82) is 0 Å². The van der Waals surface area contributed by atoms with Crippen LogP contribution in [0.25, 0.3) is 0 Å². The fourth-order valence-electron chi connectivity index (χ4n) is 2.47. The van der Waals surface area contributed by atoms with Crippen molar-refractivity contribution >= 4 is 17.8 Å². The van der Waals surface area contributed by atoms with E-state index in [-0.39, 0.29) is 18.4 Å². The maximum absolute atomic E-state index is 12.0. The van der Waals surface area contributed by atoms with Crippen LogP contribution >= 0.6 is 0 Å². The van der Waals surface area contributed by atoms with E-state index in [1.54, 1.807) is 0 Å². The van der Waals surface area contributed by atoms with Crippen LogP contribution in [-0.4, -0.2) is 49.7 Å². The summed E-state index contributed by atoms with van der Waals surface area (Å²) < 4.78 is 1.01. The van der Waals surface area contributed by atoms with Crippen LogP contribution in [0.15, 0.2) is 4.79 Å². The molecule has 1 aromatic rings. The third kappa shape index (κ3) is 1.63. The first-order valence-electron chi connectivity index (χ1n) is 6.15. The van der Waals surface area contributed by atoms with E-state index in [1.807, 2.05) is 0 Å². The number of aromatic nitrogens is 2. The second-order valence-electron chi connectivity index (χ2n) is 4.65. The van der Waals surface area contributed by atoms with Crippen LogP contribution in [0.1, 0.15) is 23.3 Å². The number of amides is 1. The first kappa shape index (κ1) is 12.5. The molecule has 2 aliphatic rings. The third-order valence-corrected chi connectivity index (χ3v) is 3.42. The summed E-state index contributed by atoms with van der Waals surface area (Å²) in [6.07, 6.45) is 1.65. The van der Waals surface area contributed by atoms with E-state index in [1.165, 1.54) is 10.0 Å². The van der Waals surface area contributed by atoms with Gasteiger partial charge in [-0.05, 0) is 12.8 Å². The Balaban J connectivity index is 2.22. The predicted molar refractivity (Wildman–Crippen MR) is 65.4 cm³/mol. The van der Waals surface area contributed by atoms with Gasteiger partial charge in [-0.2, -0.15) is 0 Å². The number of rotatable bonds is 1. The highest BCUT2D eigenvalue weighted by molar-refractivity contribution is 5.89. The van der Waals surface area contributed by atoms with E-state index in [0.717, 1.165) is 17.4 Å². The summed E-state index contributed by atoms with van der Waals surface area (Å²) in [5.74, 6) is -2.61. The standard InChI is InChI=1S/C11H12N4O5/c16-6-5-13-9(18)8(17)7(10(19)20)12-11(13)15-4-2-1-3-14(6)15/h17H,1-5H2,(H,19,20). The van der Waals surface area contributed by atoms with Crippen molar-refractivity contribution in [2.24, 2.45) is 0 Å². The maximum Gasteiger partial charge on any atom is 0.358 e. The number of anilines is 1. The van der Waals surface area contributed by atoms with Crippen LogP contribution in [0.3, 0.4) is 0 Å². The summed E-state index contributed by atoms with van der Waals surface area (Å²) in [4.78, 5) is 38.8. The summed E-state index contributed by atoms with van der Waals surface area (Å²) >= 11 is 0. The maximum atomic E-state index is 12.0. The molecule has 2 N–H and O–H groups in total. The molecule has 1 aromatic heterocycles. The summed E-state index contributed by atoms with van der Waals surface area (Å²) in [5.41, 5.74) is -1.60. The van der Waals surface area contributed by atoms with Crippen LogP contribution in [0.2, 0.25) is 0 Å². The van der Waals surface area contributed by atoms with Crippen molar-refractivity contribution in [2.45, 2.75) is 19.4 Å². The van der Waals surface area contributed by atoms with E-state index in [9.17, 15) is 19.5 Å². The molecule has 1 amide bonds. The highest BCUT2D eigenvalue weighted by Crippen LogP contribution is 2.25. The Hall–Kier alpha value is -2.58. The van der Waals surface area contributed by atoms with Crippen molar-refractivity contribution in [1.82, 2.24) is 14.6 Å².